The van der Waals surface area contributed by atoms with Gasteiger partial charge >= 0.3 is 7.60 Å². The predicted octanol–water partition coefficient (Wildman–Crippen LogP) is 4.98. The number of benzene rings is 2. The first kappa shape index (κ1) is 20.0. The number of non-ortho nitro benzene ring substituents is 1. The lowest BCUT2D eigenvalue weighted by atomic mass is 10.2. The molecule has 2 aromatic carbocycles. The van der Waals surface area contributed by atoms with Gasteiger partial charge in [-0.25, -0.2) is 0 Å². The summed E-state index contributed by atoms with van der Waals surface area (Å²) >= 11 is 0. The van der Waals surface area contributed by atoms with Crippen molar-refractivity contribution >= 4 is 19.5 Å². The number of hydrogen-bond donors (Lipinski definition) is 0. The van der Waals surface area contributed by atoms with Crippen LogP contribution in [0.1, 0.15) is 30.8 Å². The van der Waals surface area contributed by atoms with Crippen LogP contribution in [-0.4, -0.2) is 24.4 Å². The molecule has 0 fully saturated rings. The predicted molar refractivity (Wildman–Crippen MR) is 101 cm³/mol. The van der Waals surface area contributed by atoms with Gasteiger partial charge in [0.05, 0.1) is 18.1 Å². The normalized spacial score (nSPS) is 13.0. The summed E-state index contributed by atoms with van der Waals surface area (Å²) in [6.45, 7) is 3.90. The topological polar surface area (TPSA) is 91.0 Å². The maximum Gasteiger partial charge on any atom is 0.359 e. The lowest BCUT2D eigenvalue weighted by molar-refractivity contribution is -0.384. The molecule has 0 aliphatic heterocycles. The van der Waals surface area contributed by atoms with Crippen molar-refractivity contribution in [2.24, 2.45) is 4.99 Å². The Bertz CT molecular complexity index is 800. The van der Waals surface area contributed by atoms with Crippen molar-refractivity contribution in [2.75, 3.05) is 13.2 Å². The third-order valence-corrected chi connectivity index (χ3v) is 5.73. The fourth-order valence-electron chi connectivity index (χ4n) is 2.39. The summed E-state index contributed by atoms with van der Waals surface area (Å²) in [6.07, 6.45) is 1.45. The maximum atomic E-state index is 13.2. The van der Waals surface area contributed by atoms with Crippen LogP contribution in [0.25, 0.3) is 0 Å². The number of hydrogen-bond acceptors (Lipinski definition) is 6. The minimum absolute atomic E-state index is 0.0389. The Hall–Kier alpha value is -2.34. The van der Waals surface area contributed by atoms with Crippen LogP contribution in [0, 0.1) is 10.1 Å². The molecule has 1 atom stereocenters. The molecule has 0 saturated carbocycles. The molecule has 0 N–H and O–H groups in total. The van der Waals surface area contributed by atoms with Crippen molar-refractivity contribution in [1.29, 1.82) is 0 Å². The van der Waals surface area contributed by atoms with Crippen LogP contribution >= 0.6 is 7.60 Å². The molecule has 2 rings (SSSR count). The average molecular weight is 376 g/mol. The Morgan fingerprint density at radius 2 is 1.77 bits per heavy atom. The second-order valence-corrected chi connectivity index (χ2v) is 7.38. The smallest absolute Gasteiger partial charge is 0.307 e. The molecular weight excluding hydrogens is 355 g/mol. The monoisotopic (exact) mass is 376 g/mol. The van der Waals surface area contributed by atoms with E-state index in [1.165, 1.54) is 18.3 Å². The second kappa shape index (κ2) is 9.38. The van der Waals surface area contributed by atoms with Gasteiger partial charge in [0.15, 0.2) is 5.78 Å². The van der Waals surface area contributed by atoms with Crippen LogP contribution in [0.3, 0.4) is 0 Å². The highest BCUT2D eigenvalue weighted by Gasteiger charge is 2.36. The van der Waals surface area contributed by atoms with Crippen molar-refractivity contribution in [3.8, 4) is 0 Å². The van der Waals surface area contributed by atoms with Gasteiger partial charge in [0, 0.05) is 18.3 Å². The molecule has 0 bridgehead atoms. The summed E-state index contributed by atoms with van der Waals surface area (Å²) in [5.41, 5.74) is 1.17. The SMILES string of the molecule is CCOP(=O)(OCC)[C@H](N=Cc1cccc([N+](=O)[O-])c1)c1ccccc1. The lowest BCUT2D eigenvalue weighted by Gasteiger charge is -2.23. The van der Waals surface area contributed by atoms with Crippen LogP contribution in [0.4, 0.5) is 5.69 Å². The van der Waals surface area contributed by atoms with Gasteiger partial charge in [-0.1, -0.05) is 42.5 Å². The van der Waals surface area contributed by atoms with E-state index >= 15 is 0 Å². The zero-order valence-electron chi connectivity index (χ0n) is 14.6. The van der Waals surface area contributed by atoms with Crippen LogP contribution in [-0.2, 0) is 13.6 Å². The molecule has 138 valence electrons. The van der Waals surface area contributed by atoms with Gasteiger partial charge in [0.1, 0.15) is 0 Å². The van der Waals surface area contributed by atoms with Crippen molar-refractivity contribution in [1.82, 2.24) is 0 Å². The number of nitro benzene ring substituents is 1. The van der Waals surface area contributed by atoms with Gasteiger partial charge < -0.3 is 9.05 Å². The summed E-state index contributed by atoms with van der Waals surface area (Å²) in [5.74, 6) is -0.858. The van der Waals surface area contributed by atoms with Crippen LogP contribution < -0.4 is 0 Å². The Morgan fingerprint density at radius 1 is 1.12 bits per heavy atom. The second-order valence-electron chi connectivity index (χ2n) is 5.29. The van der Waals surface area contributed by atoms with Crippen LogP contribution in [0.15, 0.2) is 59.6 Å². The first-order valence-corrected chi connectivity index (χ1v) is 9.82. The Kier molecular flexibility index (Phi) is 7.21. The number of nitro groups is 1. The van der Waals surface area contributed by atoms with E-state index in [4.69, 9.17) is 9.05 Å². The van der Waals surface area contributed by atoms with Gasteiger partial charge in [-0.3, -0.25) is 19.7 Å². The van der Waals surface area contributed by atoms with Crippen molar-refractivity contribution in [3.63, 3.8) is 0 Å². The molecule has 8 heteroatoms. The van der Waals surface area contributed by atoms with Crippen molar-refractivity contribution in [2.45, 2.75) is 19.6 Å². The zero-order valence-corrected chi connectivity index (χ0v) is 15.5. The molecule has 26 heavy (non-hydrogen) atoms. The van der Waals surface area contributed by atoms with E-state index in [-0.39, 0.29) is 18.9 Å². The zero-order chi connectivity index (χ0) is 19.0. The standard InChI is InChI=1S/C18H21N2O5P/c1-3-24-26(23,25-4-2)18(16-10-6-5-7-11-16)19-14-15-9-8-12-17(13-15)20(21)22/h5-14,18H,3-4H2,1-2H3/t18-/m0/s1. The summed E-state index contributed by atoms with van der Waals surface area (Å²) < 4.78 is 24.1. The van der Waals surface area contributed by atoms with Crippen molar-refractivity contribution < 1.29 is 18.5 Å². The summed E-state index contributed by atoms with van der Waals surface area (Å²) in [6, 6.07) is 15.1. The fourth-order valence-corrected chi connectivity index (χ4v) is 4.23. The molecule has 2 aromatic rings. The van der Waals surface area contributed by atoms with Gasteiger partial charge in [-0.15, -0.1) is 0 Å². The quantitative estimate of drug-likeness (QED) is 0.266. The van der Waals surface area contributed by atoms with Gasteiger partial charge in [0.2, 0.25) is 0 Å². The van der Waals surface area contributed by atoms with Crippen LogP contribution in [0.5, 0.6) is 0 Å². The van der Waals surface area contributed by atoms with Gasteiger partial charge in [-0.2, -0.15) is 0 Å². The molecule has 0 saturated heterocycles. The van der Waals surface area contributed by atoms with E-state index < -0.39 is 18.3 Å². The van der Waals surface area contributed by atoms with E-state index in [0.717, 1.165) is 0 Å². The average Bonchev–Trinajstić information content (AvgIpc) is 2.63. The van der Waals surface area contributed by atoms with Crippen molar-refractivity contribution in [3.05, 3.63) is 75.8 Å². The van der Waals surface area contributed by atoms with Crippen LogP contribution in [0.2, 0.25) is 0 Å². The molecule has 0 aromatic heterocycles. The first-order valence-electron chi connectivity index (χ1n) is 8.21. The third-order valence-electron chi connectivity index (χ3n) is 3.46. The molecule has 0 aliphatic rings. The third kappa shape index (κ3) is 5.08. The highest BCUT2D eigenvalue weighted by molar-refractivity contribution is 7.54. The van der Waals surface area contributed by atoms with E-state index in [2.05, 4.69) is 4.99 Å². The highest BCUT2D eigenvalue weighted by Crippen LogP contribution is 2.61. The lowest BCUT2D eigenvalue weighted by Crippen LogP contribution is -2.05. The van der Waals surface area contributed by atoms with E-state index in [1.807, 2.05) is 18.2 Å². The van der Waals surface area contributed by atoms with Gasteiger partial charge in [0.25, 0.3) is 5.69 Å². The summed E-state index contributed by atoms with van der Waals surface area (Å²) in [7, 11) is -3.55. The van der Waals surface area contributed by atoms with E-state index in [1.54, 1.807) is 38.1 Å². The summed E-state index contributed by atoms with van der Waals surface area (Å²) in [5, 5.41) is 10.9. The fraction of sp³-hybridized carbons (Fsp3) is 0.278. The number of aliphatic imine (C=N–C) groups is 1. The summed E-state index contributed by atoms with van der Waals surface area (Å²) in [4.78, 5) is 14.9. The Balaban J connectivity index is 2.43. The number of rotatable bonds is 9. The largest absolute Gasteiger partial charge is 0.359 e. The maximum absolute atomic E-state index is 13.2. The minimum atomic E-state index is -3.55. The number of nitrogens with zero attached hydrogens (tertiary/aromatic N) is 2. The molecule has 0 spiro atoms. The molecular formula is C18H21N2O5P. The highest BCUT2D eigenvalue weighted by atomic mass is 31.2. The Morgan fingerprint density at radius 3 is 2.35 bits per heavy atom. The molecule has 0 unspecified atom stereocenters. The molecule has 7 nitrogen and oxygen atoms in total. The Labute approximate surface area is 152 Å². The van der Waals surface area contributed by atoms with Gasteiger partial charge in [-0.05, 0) is 25.0 Å². The molecule has 0 aliphatic carbocycles. The molecule has 0 radical (unpaired) electrons. The minimum Gasteiger partial charge on any atom is -0.307 e. The molecule has 0 amide bonds. The van der Waals surface area contributed by atoms with E-state index in [9.17, 15) is 14.7 Å². The molecule has 0 heterocycles. The van der Waals surface area contributed by atoms with E-state index in [0.29, 0.717) is 11.1 Å². The first-order chi connectivity index (χ1) is 12.5.